The molecule has 0 bridgehead atoms. The maximum atomic E-state index is 14.4. The molecule has 2 heterocycles. The molecule has 0 spiro atoms. The quantitative estimate of drug-likeness (QED) is 0.0455. The van der Waals surface area contributed by atoms with Gasteiger partial charge in [-0.05, 0) is 67.5 Å². The minimum atomic E-state index is -4.25. The number of hydrogen-bond donors (Lipinski definition) is 3. The van der Waals surface area contributed by atoms with Crippen molar-refractivity contribution in [3.63, 3.8) is 0 Å². The van der Waals surface area contributed by atoms with Crippen molar-refractivity contribution in [1.82, 2.24) is 24.5 Å². The first-order valence-electron chi connectivity index (χ1n) is 21.8. The molecule has 1 atom stereocenters. The molecule has 59 heavy (non-hydrogen) atoms. The normalized spacial score (nSPS) is 12.9. The fraction of sp³-hybridized carbons (Fsp3) is 0.636. The van der Waals surface area contributed by atoms with Crippen molar-refractivity contribution >= 4 is 43.0 Å². The third kappa shape index (κ3) is 14.1. The van der Waals surface area contributed by atoms with Gasteiger partial charge in [-0.15, -0.1) is 5.10 Å². The number of ether oxygens (including phenoxy) is 2. The van der Waals surface area contributed by atoms with Crippen molar-refractivity contribution in [2.24, 2.45) is 0 Å². The summed E-state index contributed by atoms with van der Waals surface area (Å²) in [6.07, 6.45) is 16.8. The molecule has 15 heteroatoms. The van der Waals surface area contributed by atoms with Gasteiger partial charge in [-0.1, -0.05) is 143 Å². The van der Waals surface area contributed by atoms with Gasteiger partial charge in [0.1, 0.15) is 26.3 Å². The summed E-state index contributed by atoms with van der Waals surface area (Å²) >= 11 is 6.36. The van der Waals surface area contributed by atoms with E-state index in [2.05, 4.69) is 59.2 Å². The lowest BCUT2D eigenvalue weighted by Crippen LogP contribution is -2.29. The van der Waals surface area contributed by atoms with E-state index in [1.807, 2.05) is 19.9 Å². The van der Waals surface area contributed by atoms with Gasteiger partial charge in [0.25, 0.3) is 10.0 Å². The molecular formula is C44H69ClN6O6S2. The van der Waals surface area contributed by atoms with Crippen molar-refractivity contribution in [2.75, 3.05) is 24.5 Å². The molecule has 1 unspecified atom stereocenters. The molecule has 0 amide bonds. The van der Waals surface area contributed by atoms with E-state index in [0.717, 1.165) is 88.3 Å². The molecule has 330 valence electrons. The van der Waals surface area contributed by atoms with Gasteiger partial charge in [-0.25, -0.2) is 26.5 Å². The molecule has 4 rings (SSSR count). The summed E-state index contributed by atoms with van der Waals surface area (Å²) in [5.41, 5.74) is 1.88. The second kappa shape index (κ2) is 23.0. The van der Waals surface area contributed by atoms with E-state index in [1.54, 1.807) is 12.1 Å². The van der Waals surface area contributed by atoms with Crippen LogP contribution in [0.5, 0.6) is 11.5 Å². The maximum absolute atomic E-state index is 14.4. The predicted octanol–water partition coefficient (Wildman–Crippen LogP) is 11.2. The lowest BCUT2D eigenvalue weighted by Gasteiger charge is -2.26. The number of aromatic amines is 1. The molecule has 0 aliphatic heterocycles. The molecular weight excluding hydrogens is 808 g/mol. The number of nitrogens with zero attached hydrogens (tertiary/aromatic N) is 3. The molecule has 0 aliphatic rings. The van der Waals surface area contributed by atoms with Crippen molar-refractivity contribution in [3.8, 4) is 11.5 Å². The van der Waals surface area contributed by atoms with E-state index in [4.69, 9.17) is 21.1 Å². The molecule has 3 N–H and O–H groups in total. The minimum Gasteiger partial charge on any atom is -0.492 e. The Morgan fingerprint density at radius 1 is 0.763 bits per heavy atom. The maximum Gasteiger partial charge on any atom is 0.265 e. The molecule has 2 aromatic heterocycles. The van der Waals surface area contributed by atoms with E-state index in [9.17, 15) is 16.8 Å². The Kier molecular flexibility index (Phi) is 18.9. The first kappa shape index (κ1) is 48.3. The van der Waals surface area contributed by atoms with Crippen LogP contribution in [0.25, 0.3) is 5.65 Å². The molecule has 0 saturated carbocycles. The Morgan fingerprint density at radius 2 is 1.31 bits per heavy atom. The summed E-state index contributed by atoms with van der Waals surface area (Å²) < 4.78 is 76.0. The molecule has 4 aromatic rings. The molecule has 0 radical (unpaired) electrons. The smallest absolute Gasteiger partial charge is 0.265 e. The molecule has 0 fully saturated rings. The third-order valence-corrected chi connectivity index (χ3v) is 14.2. The van der Waals surface area contributed by atoms with Crippen LogP contribution in [0.15, 0.2) is 46.2 Å². The lowest BCUT2D eigenvalue weighted by molar-refractivity contribution is 0.296. The number of fused-ring (bicyclic) bond motifs is 1. The van der Waals surface area contributed by atoms with E-state index in [-0.39, 0.29) is 38.9 Å². The van der Waals surface area contributed by atoms with Crippen molar-refractivity contribution in [2.45, 2.75) is 172 Å². The van der Waals surface area contributed by atoms with Gasteiger partial charge in [0.2, 0.25) is 10.0 Å². The highest BCUT2D eigenvalue weighted by molar-refractivity contribution is 7.93. The zero-order valence-electron chi connectivity index (χ0n) is 36.5. The number of anilines is 1. The summed E-state index contributed by atoms with van der Waals surface area (Å²) in [5, 5.41) is 7.91. The zero-order valence-corrected chi connectivity index (χ0v) is 38.9. The van der Waals surface area contributed by atoms with Crippen LogP contribution in [-0.4, -0.2) is 56.4 Å². The van der Waals surface area contributed by atoms with Crippen molar-refractivity contribution < 1.29 is 26.3 Å². The Labute approximate surface area is 359 Å². The molecule has 12 nitrogen and oxygen atoms in total. The van der Waals surface area contributed by atoms with Gasteiger partial charge in [0, 0.05) is 12.5 Å². The second-order valence-corrected chi connectivity index (χ2v) is 20.3. The first-order chi connectivity index (χ1) is 28.1. The number of halogens is 1. The Hall–Kier alpha value is -3.33. The topological polar surface area (TPSA) is 157 Å². The first-order valence-corrected chi connectivity index (χ1v) is 25.1. The van der Waals surface area contributed by atoms with Crippen LogP contribution >= 0.6 is 11.6 Å². The van der Waals surface area contributed by atoms with Crippen LogP contribution in [0.3, 0.4) is 0 Å². The highest BCUT2D eigenvalue weighted by Gasteiger charge is 2.28. The van der Waals surface area contributed by atoms with Gasteiger partial charge in [-0.3, -0.25) is 9.82 Å². The van der Waals surface area contributed by atoms with E-state index in [1.165, 1.54) is 48.5 Å². The Morgan fingerprint density at radius 3 is 1.90 bits per heavy atom. The van der Waals surface area contributed by atoms with E-state index in [0.29, 0.717) is 29.7 Å². The zero-order chi connectivity index (χ0) is 43.1. The van der Waals surface area contributed by atoms with Crippen LogP contribution in [0, 0.1) is 6.92 Å². The SMILES string of the molecule is CCCCCCCCOc1ccc(NS(=O)(=O)c2cc(C(C)(C)CCCCC)ccc2OCCCCCCCC)cc1S(=O)(=O)NCC(C)c1nc2c(Cl)c(C)[nH]n2n1. The van der Waals surface area contributed by atoms with Gasteiger partial charge in [-0.2, -0.15) is 4.63 Å². The standard InChI is InChI=1S/C44H69ClN6O6S2/c1-8-11-14-16-18-21-28-56-37-25-23-35(44(6,7)27-20-13-10-3)30-39(37)59(54,55)50-36-24-26-38(57-29-22-19-17-15-12-9-2)40(31-36)58(52,53)46-32-33(4)42-47-43-41(45)34(5)48-51(43)49-42/h23-26,30-31,33,46,48,50H,8-22,27-29,32H2,1-7H3. The van der Waals surface area contributed by atoms with E-state index < -0.39 is 26.0 Å². The average molecular weight is 878 g/mol. The largest absolute Gasteiger partial charge is 0.492 e. The minimum absolute atomic E-state index is 0.0170. The van der Waals surface area contributed by atoms with Gasteiger partial charge < -0.3 is 9.47 Å². The third-order valence-electron chi connectivity index (χ3n) is 10.9. The van der Waals surface area contributed by atoms with E-state index >= 15 is 0 Å². The number of aryl methyl sites for hydroxylation is 1. The fourth-order valence-electron chi connectivity index (χ4n) is 7.00. The number of rotatable bonds is 29. The van der Waals surface area contributed by atoms with Crippen LogP contribution in [0.1, 0.15) is 167 Å². The Balaban J connectivity index is 1.61. The number of hydrogen-bond acceptors (Lipinski definition) is 8. The Bertz CT molecular complexity index is 2130. The second-order valence-electron chi connectivity index (χ2n) is 16.5. The van der Waals surface area contributed by atoms with Crippen molar-refractivity contribution in [3.05, 3.63) is 58.5 Å². The average Bonchev–Trinajstić information content (AvgIpc) is 3.73. The van der Waals surface area contributed by atoms with Gasteiger partial charge >= 0.3 is 0 Å². The highest BCUT2D eigenvalue weighted by Crippen LogP contribution is 2.36. The highest BCUT2D eigenvalue weighted by atomic mass is 35.5. The summed E-state index contributed by atoms with van der Waals surface area (Å²) in [7, 11) is -8.48. The summed E-state index contributed by atoms with van der Waals surface area (Å²) in [6, 6.07) is 9.80. The molecule has 0 aliphatic carbocycles. The van der Waals surface area contributed by atoms with Crippen LogP contribution in [0.2, 0.25) is 5.02 Å². The number of benzene rings is 2. The summed E-state index contributed by atoms with van der Waals surface area (Å²) in [6.45, 7) is 15.1. The monoisotopic (exact) mass is 876 g/mol. The van der Waals surface area contributed by atoms with Gasteiger partial charge in [0.05, 0.1) is 24.6 Å². The van der Waals surface area contributed by atoms with Crippen LogP contribution in [0.4, 0.5) is 5.69 Å². The number of aromatic nitrogens is 4. The molecule has 2 aromatic carbocycles. The number of H-pyrrole nitrogens is 1. The predicted molar refractivity (Wildman–Crippen MR) is 239 cm³/mol. The lowest BCUT2D eigenvalue weighted by atomic mass is 9.80. The van der Waals surface area contributed by atoms with Crippen LogP contribution in [-0.2, 0) is 25.5 Å². The summed E-state index contributed by atoms with van der Waals surface area (Å²) in [5.74, 6) is 0.391. The summed E-state index contributed by atoms with van der Waals surface area (Å²) in [4.78, 5) is 4.35. The number of nitrogens with one attached hydrogen (secondary N) is 3. The fourth-order valence-corrected chi connectivity index (χ4v) is 9.68. The van der Waals surface area contributed by atoms with Crippen LogP contribution < -0.4 is 18.9 Å². The van der Waals surface area contributed by atoms with Crippen molar-refractivity contribution in [1.29, 1.82) is 0 Å². The molecule has 0 saturated heterocycles. The number of unbranched alkanes of at least 4 members (excludes halogenated alkanes) is 12. The number of sulfonamides is 2. The van der Waals surface area contributed by atoms with Gasteiger partial charge in [0.15, 0.2) is 11.5 Å².